The number of carbonyl (C=O) groups excluding carboxylic acids is 1. The number of anilines is 2. The van der Waals surface area contributed by atoms with Crippen LogP contribution in [0.2, 0.25) is 0 Å². The van der Waals surface area contributed by atoms with Gasteiger partial charge in [0.15, 0.2) is 0 Å². The van der Waals surface area contributed by atoms with E-state index in [1.54, 1.807) is 30.3 Å². The summed E-state index contributed by atoms with van der Waals surface area (Å²) in [5.41, 5.74) is 1.11. The molecule has 0 saturated heterocycles. The number of para-hydroxylation sites is 1. The fraction of sp³-hybridized carbons (Fsp3) is 0.0476. The van der Waals surface area contributed by atoms with Crippen molar-refractivity contribution < 1.29 is 17.9 Å². The molecule has 0 spiro atoms. The number of hydrogen-bond acceptors (Lipinski definition) is 5. The van der Waals surface area contributed by atoms with Gasteiger partial charge in [0.05, 0.1) is 34.9 Å². The lowest BCUT2D eigenvalue weighted by atomic mass is 10.1. The van der Waals surface area contributed by atoms with Gasteiger partial charge in [0.25, 0.3) is 15.9 Å². The highest BCUT2D eigenvalue weighted by Gasteiger charge is 2.19. The van der Waals surface area contributed by atoms with Crippen molar-refractivity contribution in [2.45, 2.75) is 4.90 Å². The van der Waals surface area contributed by atoms with Gasteiger partial charge in [0.1, 0.15) is 5.75 Å². The molecule has 0 saturated carbocycles. The van der Waals surface area contributed by atoms with Crippen LogP contribution in [-0.4, -0.2) is 21.4 Å². The van der Waals surface area contributed by atoms with Crippen molar-refractivity contribution >= 4 is 27.3 Å². The first-order valence-corrected chi connectivity index (χ1v) is 9.98. The van der Waals surface area contributed by atoms with Gasteiger partial charge < -0.3 is 10.1 Å². The van der Waals surface area contributed by atoms with Crippen LogP contribution in [0.5, 0.6) is 5.75 Å². The van der Waals surface area contributed by atoms with Gasteiger partial charge in [-0.3, -0.25) is 9.52 Å². The first-order chi connectivity index (χ1) is 13.9. The number of sulfonamides is 1. The monoisotopic (exact) mass is 407 g/mol. The Morgan fingerprint density at radius 2 is 1.72 bits per heavy atom. The van der Waals surface area contributed by atoms with Crippen molar-refractivity contribution in [3.8, 4) is 11.8 Å². The Kier molecular flexibility index (Phi) is 5.81. The molecule has 0 bridgehead atoms. The molecule has 3 aromatic rings. The second-order valence-electron chi connectivity index (χ2n) is 5.97. The first kappa shape index (κ1) is 19.9. The first-order valence-electron chi connectivity index (χ1n) is 8.50. The zero-order chi connectivity index (χ0) is 20.9. The maximum atomic E-state index is 12.7. The second-order valence-corrected chi connectivity index (χ2v) is 7.66. The third kappa shape index (κ3) is 4.72. The van der Waals surface area contributed by atoms with Gasteiger partial charge in [-0.1, -0.05) is 18.2 Å². The highest BCUT2D eigenvalue weighted by molar-refractivity contribution is 7.92. The summed E-state index contributed by atoms with van der Waals surface area (Å²) in [4.78, 5) is 12.7. The lowest BCUT2D eigenvalue weighted by molar-refractivity contribution is 0.102. The number of nitrogens with one attached hydrogen (secondary N) is 2. The molecule has 0 aliphatic heterocycles. The van der Waals surface area contributed by atoms with Crippen molar-refractivity contribution in [3.63, 3.8) is 0 Å². The van der Waals surface area contributed by atoms with E-state index in [2.05, 4.69) is 10.0 Å². The number of rotatable bonds is 6. The van der Waals surface area contributed by atoms with E-state index in [4.69, 9.17) is 10.00 Å². The number of nitrogens with zero attached hydrogens (tertiary/aromatic N) is 1. The Morgan fingerprint density at radius 1 is 1.00 bits per heavy atom. The molecule has 146 valence electrons. The molecule has 0 unspecified atom stereocenters. The maximum absolute atomic E-state index is 12.7. The molecule has 2 N–H and O–H groups in total. The standard InChI is InChI=1S/C21H17N3O4S/c1-28-17-9-11-18(12-10-17)29(26,27)24-20-8-3-2-7-19(20)21(25)23-16-6-4-5-15(13-16)14-22/h2-13,24H,1H3,(H,23,25). The zero-order valence-corrected chi connectivity index (χ0v) is 16.2. The summed E-state index contributed by atoms with van der Waals surface area (Å²) >= 11 is 0. The van der Waals surface area contributed by atoms with E-state index in [1.807, 2.05) is 6.07 Å². The highest BCUT2D eigenvalue weighted by Crippen LogP contribution is 2.23. The Balaban J connectivity index is 1.86. The Morgan fingerprint density at radius 3 is 2.41 bits per heavy atom. The fourth-order valence-electron chi connectivity index (χ4n) is 2.59. The average molecular weight is 407 g/mol. The minimum atomic E-state index is -3.91. The van der Waals surface area contributed by atoms with Crippen LogP contribution in [0, 0.1) is 11.3 Å². The number of nitriles is 1. The van der Waals surface area contributed by atoms with E-state index < -0.39 is 15.9 Å². The van der Waals surface area contributed by atoms with Crippen molar-refractivity contribution in [3.05, 3.63) is 83.9 Å². The predicted molar refractivity (Wildman–Crippen MR) is 109 cm³/mol. The molecule has 29 heavy (non-hydrogen) atoms. The molecular formula is C21H17N3O4S. The molecule has 0 fully saturated rings. The van der Waals surface area contributed by atoms with Crippen LogP contribution in [0.4, 0.5) is 11.4 Å². The predicted octanol–water partition coefficient (Wildman–Crippen LogP) is 3.62. The molecule has 3 rings (SSSR count). The minimum absolute atomic E-state index is 0.0373. The molecule has 1 amide bonds. The Labute approximate surface area is 168 Å². The van der Waals surface area contributed by atoms with Crippen LogP contribution in [0.1, 0.15) is 15.9 Å². The molecule has 0 atom stereocenters. The number of methoxy groups -OCH3 is 1. The second kappa shape index (κ2) is 8.46. The summed E-state index contributed by atoms with van der Waals surface area (Å²) in [5.74, 6) is 0.0245. The summed E-state index contributed by atoms with van der Waals surface area (Å²) in [6.07, 6.45) is 0. The van der Waals surface area contributed by atoms with Crippen LogP contribution in [0.3, 0.4) is 0 Å². The number of amides is 1. The van der Waals surface area contributed by atoms with E-state index in [-0.39, 0.29) is 16.1 Å². The molecule has 8 heteroatoms. The van der Waals surface area contributed by atoms with Crippen molar-refractivity contribution in [1.29, 1.82) is 5.26 Å². The molecule has 0 aliphatic rings. The number of hydrogen-bond donors (Lipinski definition) is 2. The molecule has 7 nitrogen and oxygen atoms in total. The summed E-state index contributed by atoms with van der Waals surface area (Å²) in [6, 6.07) is 20.6. The van der Waals surface area contributed by atoms with Gasteiger partial charge in [-0.2, -0.15) is 5.26 Å². The fourth-order valence-corrected chi connectivity index (χ4v) is 3.67. The van der Waals surface area contributed by atoms with Gasteiger partial charge in [-0.15, -0.1) is 0 Å². The molecule has 0 aromatic heterocycles. The topological polar surface area (TPSA) is 108 Å². The van der Waals surface area contributed by atoms with Gasteiger partial charge >= 0.3 is 0 Å². The van der Waals surface area contributed by atoms with Gasteiger partial charge in [-0.05, 0) is 54.6 Å². The van der Waals surface area contributed by atoms with E-state index in [9.17, 15) is 13.2 Å². The van der Waals surface area contributed by atoms with Crippen molar-refractivity contribution in [2.24, 2.45) is 0 Å². The largest absolute Gasteiger partial charge is 0.497 e. The lowest BCUT2D eigenvalue weighted by Crippen LogP contribution is -2.18. The van der Waals surface area contributed by atoms with Crippen molar-refractivity contribution in [1.82, 2.24) is 0 Å². The van der Waals surface area contributed by atoms with Crippen LogP contribution in [-0.2, 0) is 10.0 Å². The maximum Gasteiger partial charge on any atom is 0.261 e. The van der Waals surface area contributed by atoms with E-state index in [0.717, 1.165) is 0 Å². The average Bonchev–Trinajstić information content (AvgIpc) is 2.74. The van der Waals surface area contributed by atoms with E-state index in [1.165, 1.54) is 49.6 Å². The van der Waals surface area contributed by atoms with E-state index >= 15 is 0 Å². The highest BCUT2D eigenvalue weighted by atomic mass is 32.2. The van der Waals surface area contributed by atoms with Gasteiger partial charge in [0.2, 0.25) is 0 Å². The summed E-state index contributed by atoms with van der Waals surface area (Å²) in [6.45, 7) is 0. The normalized spacial score (nSPS) is 10.6. The van der Waals surface area contributed by atoms with E-state index in [0.29, 0.717) is 17.0 Å². The molecule has 3 aromatic carbocycles. The van der Waals surface area contributed by atoms with Crippen LogP contribution < -0.4 is 14.8 Å². The van der Waals surface area contributed by atoms with Gasteiger partial charge in [-0.25, -0.2) is 8.42 Å². The molecule has 0 radical (unpaired) electrons. The van der Waals surface area contributed by atoms with Crippen LogP contribution >= 0.6 is 0 Å². The molecule has 0 aliphatic carbocycles. The quantitative estimate of drug-likeness (QED) is 0.649. The van der Waals surface area contributed by atoms with Crippen molar-refractivity contribution in [2.75, 3.05) is 17.1 Å². The Hall–Kier alpha value is -3.83. The SMILES string of the molecule is COc1ccc(S(=O)(=O)Nc2ccccc2C(=O)Nc2cccc(C#N)c2)cc1. The zero-order valence-electron chi connectivity index (χ0n) is 15.4. The number of ether oxygens (including phenoxy) is 1. The minimum Gasteiger partial charge on any atom is -0.497 e. The van der Waals surface area contributed by atoms with Crippen LogP contribution in [0.15, 0.2) is 77.7 Å². The number of carbonyl (C=O) groups is 1. The smallest absolute Gasteiger partial charge is 0.261 e. The molecular weight excluding hydrogens is 390 g/mol. The summed E-state index contributed by atoms with van der Waals surface area (Å²) in [5, 5.41) is 11.7. The lowest BCUT2D eigenvalue weighted by Gasteiger charge is -2.13. The summed E-state index contributed by atoms with van der Waals surface area (Å²) in [7, 11) is -2.42. The third-order valence-corrected chi connectivity index (χ3v) is 5.42. The summed E-state index contributed by atoms with van der Waals surface area (Å²) < 4.78 is 32.9. The number of benzene rings is 3. The third-order valence-electron chi connectivity index (χ3n) is 4.04. The Bertz CT molecular complexity index is 1180. The van der Waals surface area contributed by atoms with Crippen LogP contribution in [0.25, 0.3) is 0 Å². The van der Waals surface area contributed by atoms with Gasteiger partial charge in [0, 0.05) is 5.69 Å². The molecule has 0 heterocycles.